The van der Waals surface area contributed by atoms with Gasteiger partial charge in [0.15, 0.2) is 0 Å². The van der Waals surface area contributed by atoms with Crippen molar-refractivity contribution in [1.29, 1.82) is 0 Å². The van der Waals surface area contributed by atoms with Crippen molar-refractivity contribution >= 4 is 28.8 Å². The Hall–Kier alpha value is -0.000000000000000222. The maximum absolute atomic E-state index is 11.9. The quantitative estimate of drug-likeness (QED) is 0.219. The lowest BCUT2D eigenvalue weighted by molar-refractivity contribution is -0.147. The molecule has 0 unspecified atom stereocenters. The number of rotatable bonds is 9. The molecule has 0 atom stereocenters. The Bertz CT molecular complexity index is 359. The molecule has 0 N–H and O–H groups in total. The molecule has 0 amide bonds. The van der Waals surface area contributed by atoms with Gasteiger partial charge in [0.25, 0.3) is 0 Å². The first-order chi connectivity index (χ1) is 11.7. The summed E-state index contributed by atoms with van der Waals surface area (Å²) in [7, 11) is 1.63. The summed E-state index contributed by atoms with van der Waals surface area (Å²) in [6.45, 7) is 8.84. The van der Waals surface area contributed by atoms with E-state index in [0.29, 0.717) is 39.0 Å². The first-order valence-corrected chi connectivity index (χ1v) is 9.75. The number of esters is 1. The van der Waals surface area contributed by atoms with Crippen molar-refractivity contribution < 1.29 is 19.0 Å². The summed E-state index contributed by atoms with van der Waals surface area (Å²) in [5.74, 6) is -0.151. The molecule has 2 rings (SSSR count). The minimum Gasteiger partial charge on any atom is -0.462 e. The molecule has 0 aromatic heterocycles. The highest BCUT2D eigenvalue weighted by Gasteiger charge is 2.27. The van der Waals surface area contributed by atoms with Gasteiger partial charge >= 0.3 is 5.97 Å². The number of hydrogen-bond donors (Lipinski definition) is 0. The smallest absolute Gasteiger partial charge is 0.320 e. The van der Waals surface area contributed by atoms with E-state index in [4.69, 9.17) is 14.2 Å². The van der Waals surface area contributed by atoms with Crippen LogP contribution in [0.1, 0.15) is 12.8 Å². The van der Waals surface area contributed by atoms with E-state index < -0.39 is 0 Å². The molecule has 0 saturated carbocycles. The summed E-state index contributed by atoms with van der Waals surface area (Å²) in [6, 6.07) is 0.677. The van der Waals surface area contributed by atoms with Crippen LogP contribution in [0, 0.1) is 0 Å². The van der Waals surface area contributed by atoms with Crippen molar-refractivity contribution in [3.05, 3.63) is 0 Å². The highest BCUT2D eigenvalue weighted by atomic mass is 127. The molecule has 2 aliphatic heterocycles. The average molecular weight is 455 g/mol. The Kier molecular flexibility index (Phi) is 9.80. The van der Waals surface area contributed by atoms with Crippen molar-refractivity contribution in [3.63, 3.8) is 0 Å². The lowest BCUT2D eigenvalue weighted by atomic mass is 10.0. The lowest BCUT2D eigenvalue weighted by Crippen LogP contribution is -2.51. The van der Waals surface area contributed by atoms with Crippen LogP contribution >= 0.6 is 22.9 Å². The van der Waals surface area contributed by atoms with Gasteiger partial charge < -0.3 is 14.2 Å². The zero-order valence-corrected chi connectivity index (χ0v) is 16.8. The molecule has 0 radical (unpaired) electrons. The highest BCUT2D eigenvalue weighted by Crippen LogP contribution is 2.19. The summed E-state index contributed by atoms with van der Waals surface area (Å²) in [4.78, 5) is 16.7. The highest BCUT2D eigenvalue weighted by molar-refractivity contribution is 14.1. The molecule has 0 bridgehead atoms. The van der Waals surface area contributed by atoms with Crippen molar-refractivity contribution in [2.24, 2.45) is 0 Å². The maximum atomic E-state index is 11.9. The van der Waals surface area contributed by atoms with E-state index in [-0.39, 0.29) is 5.97 Å². The van der Waals surface area contributed by atoms with Crippen molar-refractivity contribution in [2.45, 2.75) is 18.9 Å². The second kappa shape index (κ2) is 11.6. The van der Waals surface area contributed by atoms with Gasteiger partial charge in [-0.2, -0.15) is 0 Å². The Morgan fingerprint density at radius 2 is 1.67 bits per heavy atom. The molecular formula is C16H30IN3O4. The number of ether oxygens (including phenoxy) is 3. The molecule has 24 heavy (non-hydrogen) atoms. The van der Waals surface area contributed by atoms with Crippen LogP contribution in [0.4, 0.5) is 0 Å². The lowest BCUT2D eigenvalue weighted by Gasteiger charge is -2.41. The van der Waals surface area contributed by atoms with Gasteiger partial charge in [-0.3, -0.25) is 14.6 Å². The van der Waals surface area contributed by atoms with E-state index in [1.807, 2.05) is 0 Å². The number of likely N-dealkylation sites (tertiary alicyclic amines) is 1. The Balaban J connectivity index is 1.53. The fourth-order valence-corrected chi connectivity index (χ4v) is 3.62. The third-order valence-electron chi connectivity index (χ3n) is 4.61. The average Bonchev–Trinajstić information content (AvgIpc) is 2.59. The Morgan fingerprint density at radius 3 is 2.33 bits per heavy atom. The zero-order valence-electron chi connectivity index (χ0n) is 14.6. The number of hydrogen-bond acceptors (Lipinski definition) is 7. The Morgan fingerprint density at radius 1 is 1.00 bits per heavy atom. The standard InChI is InChI=1S/C16H30IN3O4/c1-22-10-11-23-12-13-24-16(21)14-18-4-2-15(3-5-18)19-6-8-20(17)9-7-19/h15H,2-14H2,1H3. The minimum absolute atomic E-state index is 0.151. The second-order valence-electron chi connectivity index (χ2n) is 6.28. The number of piperidine rings is 1. The van der Waals surface area contributed by atoms with Crippen molar-refractivity contribution in [2.75, 3.05) is 79.4 Å². The van der Waals surface area contributed by atoms with Crippen LogP contribution in [0.15, 0.2) is 0 Å². The zero-order chi connectivity index (χ0) is 17.2. The Labute approximate surface area is 159 Å². The van der Waals surface area contributed by atoms with Crippen LogP contribution in [0.3, 0.4) is 0 Å². The molecule has 0 aromatic carbocycles. The normalized spacial score (nSPS) is 21.9. The van der Waals surface area contributed by atoms with Crippen LogP contribution in [0.25, 0.3) is 0 Å². The number of piperazine rings is 1. The SMILES string of the molecule is COCCOCCOC(=O)CN1CCC(N2CCN(I)CC2)CC1. The molecule has 2 heterocycles. The molecule has 2 aliphatic rings. The van der Waals surface area contributed by atoms with E-state index in [9.17, 15) is 4.79 Å². The van der Waals surface area contributed by atoms with Crippen LogP contribution in [0.5, 0.6) is 0 Å². The van der Waals surface area contributed by atoms with Crippen LogP contribution in [-0.2, 0) is 19.0 Å². The largest absolute Gasteiger partial charge is 0.462 e. The van der Waals surface area contributed by atoms with Gasteiger partial charge in [0.1, 0.15) is 6.61 Å². The number of methoxy groups -OCH3 is 1. The molecule has 8 heteroatoms. The molecule has 0 aromatic rings. The van der Waals surface area contributed by atoms with Gasteiger partial charge in [-0.1, -0.05) is 0 Å². The topological polar surface area (TPSA) is 54.5 Å². The summed E-state index contributed by atoms with van der Waals surface area (Å²) in [5.41, 5.74) is 0. The van der Waals surface area contributed by atoms with E-state index in [0.717, 1.165) is 39.0 Å². The molecular weight excluding hydrogens is 425 g/mol. The van der Waals surface area contributed by atoms with Crippen molar-refractivity contribution in [3.8, 4) is 0 Å². The predicted octanol–water partition coefficient (Wildman–Crippen LogP) is 0.625. The number of nitrogens with zero attached hydrogens (tertiary/aromatic N) is 3. The molecule has 7 nitrogen and oxygen atoms in total. The molecule has 0 spiro atoms. The van der Waals surface area contributed by atoms with Crippen LogP contribution in [0.2, 0.25) is 0 Å². The van der Waals surface area contributed by atoms with Crippen molar-refractivity contribution in [1.82, 2.24) is 12.9 Å². The van der Waals surface area contributed by atoms with E-state index >= 15 is 0 Å². The van der Waals surface area contributed by atoms with Gasteiger partial charge in [0.2, 0.25) is 0 Å². The number of carbonyl (C=O) groups is 1. The third-order valence-corrected chi connectivity index (χ3v) is 5.57. The number of halogens is 1. The molecule has 2 saturated heterocycles. The summed E-state index contributed by atoms with van der Waals surface area (Å²) < 4.78 is 17.7. The molecule has 0 aliphatic carbocycles. The van der Waals surface area contributed by atoms with E-state index in [1.54, 1.807) is 7.11 Å². The van der Waals surface area contributed by atoms with Crippen LogP contribution in [-0.4, -0.2) is 104 Å². The van der Waals surface area contributed by atoms with Gasteiger partial charge in [0.05, 0.1) is 26.4 Å². The molecule has 140 valence electrons. The van der Waals surface area contributed by atoms with E-state index in [1.165, 1.54) is 13.1 Å². The molecule has 2 fully saturated rings. The van der Waals surface area contributed by atoms with Gasteiger partial charge in [0, 0.05) is 75.3 Å². The van der Waals surface area contributed by atoms with Gasteiger partial charge in [-0.05, 0) is 12.8 Å². The summed E-state index contributed by atoms with van der Waals surface area (Å²) in [6.07, 6.45) is 2.29. The minimum atomic E-state index is -0.151. The second-order valence-corrected chi connectivity index (χ2v) is 7.64. The third kappa shape index (κ3) is 7.49. The van der Waals surface area contributed by atoms with E-state index in [2.05, 4.69) is 35.8 Å². The number of carbonyl (C=O) groups excluding carboxylic acids is 1. The maximum Gasteiger partial charge on any atom is 0.320 e. The van der Waals surface area contributed by atoms with Crippen LogP contribution < -0.4 is 0 Å². The summed E-state index contributed by atoms with van der Waals surface area (Å²) in [5, 5.41) is 0. The first-order valence-electron chi connectivity index (χ1n) is 8.78. The monoisotopic (exact) mass is 455 g/mol. The van der Waals surface area contributed by atoms with Gasteiger partial charge in [-0.15, -0.1) is 0 Å². The first kappa shape index (κ1) is 20.3. The fourth-order valence-electron chi connectivity index (χ4n) is 3.19. The predicted molar refractivity (Wildman–Crippen MR) is 100 cm³/mol. The van der Waals surface area contributed by atoms with Gasteiger partial charge in [-0.25, -0.2) is 3.11 Å². The fraction of sp³-hybridized carbons (Fsp3) is 0.938. The summed E-state index contributed by atoms with van der Waals surface area (Å²) >= 11 is 2.41.